The summed E-state index contributed by atoms with van der Waals surface area (Å²) in [6.07, 6.45) is 9.02. The van der Waals surface area contributed by atoms with E-state index in [1.165, 1.54) is 0 Å². The molecule has 0 amide bonds. The lowest BCUT2D eigenvalue weighted by Gasteiger charge is -2.21. The topological polar surface area (TPSA) is 41.3 Å². The fourth-order valence-corrected chi connectivity index (χ4v) is 1.94. The quantitative estimate of drug-likeness (QED) is 0.876. The standard InChI is InChI=1S/C14H13N3O/c18-14-3-1-9-16(11-14)12-4-6-13(7-5-12)17-10-2-8-15-17/h1-8,10-11,18H,9H2. The average molecular weight is 239 g/mol. The minimum atomic E-state index is 0.275. The lowest BCUT2D eigenvalue weighted by Crippen LogP contribution is -2.19. The molecular weight excluding hydrogens is 226 g/mol. The van der Waals surface area contributed by atoms with Crippen LogP contribution in [-0.4, -0.2) is 21.4 Å². The maximum atomic E-state index is 9.46. The molecule has 2 heterocycles. The van der Waals surface area contributed by atoms with E-state index in [2.05, 4.69) is 5.10 Å². The molecule has 3 rings (SSSR count). The Morgan fingerprint density at radius 2 is 1.89 bits per heavy atom. The Morgan fingerprint density at radius 1 is 1.11 bits per heavy atom. The van der Waals surface area contributed by atoms with E-state index in [1.54, 1.807) is 18.5 Å². The molecule has 1 aromatic heterocycles. The number of anilines is 1. The maximum Gasteiger partial charge on any atom is 0.131 e. The molecule has 4 nitrogen and oxygen atoms in total. The zero-order valence-electron chi connectivity index (χ0n) is 9.77. The summed E-state index contributed by atoms with van der Waals surface area (Å²) in [5.74, 6) is 0.275. The highest BCUT2D eigenvalue weighted by Gasteiger charge is 2.07. The van der Waals surface area contributed by atoms with Crippen LogP contribution in [0.3, 0.4) is 0 Å². The Labute approximate surface area is 105 Å². The summed E-state index contributed by atoms with van der Waals surface area (Å²) in [6, 6.07) is 9.93. The molecule has 4 heteroatoms. The molecule has 1 N–H and O–H groups in total. The predicted molar refractivity (Wildman–Crippen MR) is 70.8 cm³/mol. The Morgan fingerprint density at radius 3 is 2.56 bits per heavy atom. The van der Waals surface area contributed by atoms with Crippen LogP contribution in [0.15, 0.2) is 66.8 Å². The van der Waals surface area contributed by atoms with E-state index in [9.17, 15) is 5.11 Å². The Kier molecular flexibility index (Phi) is 2.61. The molecule has 0 radical (unpaired) electrons. The zero-order valence-corrected chi connectivity index (χ0v) is 9.77. The van der Waals surface area contributed by atoms with Crippen molar-refractivity contribution in [1.82, 2.24) is 9.78 Å². The van der Waals surface area contributed by atoms with Crippen molar-refractivity contribution >= 4 is 5.69 Å². The average Bonchev–Trinajstić information content (AvgIpc) is 2.93. The third-order valence-corrected chi connectivity index (χ3v) is 2.83. The summed E-state index contributed by atoms with van der Waals surface area (Å²) in [7, 11) is 0. The second-order valence-corrected chi connectivity index (χ2v) is 4.08. The van der Waals surface area contributed by atoms with Crippen LogP contribution < -0.4 is 4.90 Å². The molecule has 0 unspecified atom stereocenters. The second kappa shape index (κ2) is 4.41. The summed E-state index contributed by atoms with van der Waals surface area (Å²) in [6.45, 7) is 0.769. The Bertz CT molecular complexity index is 582. The Balaban J connectivity index is 1.86. The molecule has 18 heavy (non-hydrogen) atoms. The SMILES string of the molecule is OC1=CN(c2ccc(-n3cccn3)cc2)CC=C1. The molecule has 0 saturated heterocycles. The van der Waals surface area contributed by atoms with Gasteiger partial charge in [-0.25, -0.2) is 4.68 Å². The van der Waals surface area contributed by atoms with Gasteiger partial charge in [-0.15, -0.1) is 0 Å². The van der Waals surface area contributed by atoms with E-state index in [1.807, 2.05) is 52.2 Å². The molecule has 0 spiro atoms. The molecule has 1 aliphatic heterocycles. The van der Waals surface area contributed by atoms with Crippen molar-refractivity contribution in [2.24, 2.45) is 0 Å². The number of aliphatic hydroxyl groups excluding tert-OH is 1. The minimum Gasteiger partial charge on any atom is -0.506 e. The van der Waals surface area contributed by atoms with Gasteiger partial charge in [0.15, 0.2) is 0 Å². The Hall–Kier alpha value is -2.49. The third kappa shape index (κ3) is 2.00. The largest absolute Gasteiger partial charge is 0.506 e. The van der Waals surface area contributed by atoms with Crippen molar-refractivity contribution in [3.63, 3.8) is 0 Å². The molecule has 0 fully saturated rings. The van der Waals surface area contributed by atoms with Crippen molar-refractivity contribution in [3.8, 4) is 5.69 Å². The first-order valence-electron chi connectivity index (χ1n) is 5.77. The molecule has 1 aromatic carbocycles. The van der Waals surface area contributed by atoms with Crippen LogP contribution in [0.5, 0.6) is 0 Å². The molecule has 0 bridgehead atoms. The molecule has 90 valence electrons. The predicted octanol–water partition coefficient (Wildman–Crippen LogP) is 2.65. The molecule has 0 saturated carbocycles. The number of allylic oxidation sites excluding steroid dienone is 1. The first-order valence-corrected chi connectivity index (χ1v) is 5.77. The van der Waals surface area contributed by atoms with Crippen molar-refractivity contribution in [2.75, 3.05) is 11.4 Å². The smallest absolute Gasteiger partial charge is 0.131 e. The van der Waals surface area contributed by atoms with Gasteiger partial charge in [0.25, 0.3) is 0 Å². The van der Waals surface area contributed by atoms with Gasteiger partial charge in [-0.1, -0.05) is 6.08 Å². The first-order chi connectivity index (χ1) is 8.83. The van der Waals surface area contributed by atoms with Crippen LogP contribution in [0, 0.1) is 0 Å². The van der Waals surface area contributed by atoms with E-state index >= 15 is 0 Å². The van der Waals surface area contributed by atoms with Gasteiger partial charge < -0.3 is 10.0 Å². The van der Waals surface area contributed by atoms with Crippen molar-refractivity contribution in [1.29, 1.82) is 0 Å². The van der Waals surface area contributed by atoms with Crippen LogP contribution in [0.4, 0.5) is 5.69 Å². The number of benzene rings is 1. The minimum absolute atomic E-state index is 0.275. The van der Waals surface area contributed by atoms with E-state index in [4.69, 9.17) is 0 Å². The summed E-state index contributed by atoms with van der Waals surface area (Å²) in [5, 5.41) is 13.6. The summed E-state index contributed by atoms with van der Waals surface area (Å²) >= 11 is 0. The number of aromatic nitrogens is 2. The van der Waals surface area contributed by atoms with Gasteiger partial charge in [-0.05, 0) is 36.4 Å². The monoisotopic (exact) mass is 239 g/mol. The molecule has 0 atom stereocenters. The molecule has 1 aliphatic rings. The number of aliphatic hydroxyl groups is 1. The van der Waals surface area contributed by atoms with Crippen molar-refractivity contribution in [2.45, 2.75) is 0 Å². The summed E-state index contributed by atoms with van der Waals surface area (Å²) < 4.78 is 1.81. The molecular formula is C14H13N3O. The number of hydrogen-bond acceptors (Lipinski definition) is 3. The maximum absolute atomic E-state index is 9.46. The van der Waals surface area contributed by atoms with Crippen LogP contribution >= 0.6 is 0 Å². The lowest BCUT2D eigenvalue weighted by molar-refractivity contribution is 0.428. The molecule has 0 aliphatic carbocycles. The number of rotatable bonds is 2. The number of nitrogens with zero attached hydrogens (tertiary/aromatic N) is 3. The fraction of sp³-hybridized carbons (Fsp3) is 0.0714. The summed E-state index contributed by atoms with van der Waals surface area (Å²) in [4.78, 5) is 1.99. The second-order valence-electron chi connectivity index (χ2n) is 4.08. The van der Waals surface area contributed by atoms with Gasteiger partial charge in [0.2, 0.25) is 0 Å². The highest BCUT2D eigenvalue weighted by Crippen LogP contribution is 2.19. The van der Waals surface area contributed by atoms with E-state index in [0.717, 1.165) is 17.9 Å². The van der Waals surface area contributed by atoms with Gasteiger partial charge in [-0.3, -0.25) is 0 Å². The van der Waals surface area contributed by atoms with Gasteiger partial charge in [0.1, 0.15) is 5.76 Å². The highest BCUT2D eigenvalue weighted by atomic mass is 16.3. The van der Waals surface area contributed by atoms with E-state index < -0.39 is 0 Å². The van der Waals surface area contributed by atoms with Crippen LogP contribution in [-0.2, 0) is 0 Å². The first kappa shape index (κ1) is 10.7. The third-order valence-electron chi connectivity index (χ3n) is 2.83. The van der Waals surface area contributed by atoms with Crippen LogP contribution in [0.2, 0.25) is 0 Å². The fourth-order valence-electron chi connectivity index (χ4n) is 1.94. The normalized spacial score (nSPS) is 14.7. The highest BCUT2D eigenvalue weighted by molar-refractivity contribution is 5.54. The van der Waals surface area contributed by atoms with Gasteiger partial charge >= 0.3 is 0 Å². The summed E-state index contributed by atoms with van der Waals surface area (Å²) in [5.41, 5.74) is 2.06. The van der Waals surface area contributed by atoms with E-state index in [0.29, 0.717) is 0 Å². The van der Waals surface area contributed by atoms with Crippen LogP contribution in [0.1, 0.15) is 0 Å². The van der Waals surface area contributed by atoms with Crippen LogP contribution in [0.25, 0.3) is 5.69 Å². The molecule has 2 aromatic rings. The van der Waals surface area contributed by atoms with Crippen molar-refractivity contribution in [3.05, 3.63) is 66.8 Å². The van der Waals surface area contributed by atoms with E-state index in [-0.39, 0.29) is 5.76 Å². The van der Waals surface area contributed by atoms with Gasteiger partial charge in [-0.2, -0.15) is 5.10 Å². The van der Waals surface area contributed by atoms with Crippen molar-refractivity contribution < 1.29 is 5.11 Å². The van der Waals surface area contributed by atoms with Gasteiger partial charge in [0.05, 0.1) is 5.69 Å². The number of hydrogen-bond donors (Lipinski definition) is 1. The lowest BCUT2D eigenvalue weighted by atomic mass is 10.2. The zero-order chi connectivity index (χ0) is 12.4. The van der Waals surface area contributed by atoms with Gasteiger partial charge in [0, 0.05) is 30.8 Å².